The van der Waals surface area contributed by atoms with E-state index in [-0.39, 0.29) is 41.9 Å². The Morgan fingerprint density at radius 2 is 2.17 bits per heavy atom. The van der Waals surface area contributed by atoms with Crippen molar-refractivity contribution in [1.82, 2.24) is 9.80 Å². The fourth-order valence-electron chi connectivity index (χ4n) is 2.72. The normalized spacial score (nSPS) is 20.5. The highest BCUT2D eigenvalue weighted by Gasteiger charge is 2.33. The summed E-state index contributed by atoms with van der Waals surface area (Å²) in [7, 11) is 1.74. The fourth-order valence-corrected chi connectivity index (χ4v) is 2.72. The van der Waals surface area contributed by atoms with Crippen LogP contribution in [0.4, 0.5) is 4.39 Å². The van der Waals surface area contributed by atoms with Crippen LogP contribution >= 0.6 is 12.4 Å². The highest BCUT2D eigenvalue weighted by atomic mass is 35.5. The van der Waals surface area contributed by atoms with E-state index in [2.05, 4.69) is 11.8 Å². The van der Waals surface area contributed by atoms with Gasteiger partial charge >= 0.3 is 0 Å². The molecule has 5 nitrogen and oxygen atoms in total. The molecule has 1 saturated heterocycles. The van der Waals surface area contributed by atoms with E-state index in [4.69, 9.17) is 10.5 Å². The van der Waals surface area contributed by atoms with Crippen LogP contribution in [0.3, 0.4) is 0 Å². The molecule has 1 amide bonds. The van der Waals surface area contributed by atoms with Gasteiger partial charge in [0.2, 0.25) is 5.91 Å². The van der Waals surface area contributed by atoms with Gasteiger partial charge in [0.05, 0.1) is 13.1 Å². The topological polar surface area (TPSA) is 58.8 Å². The molecule has 0 radical (unpaired) electrons. The zero-order valence-corrected chi connectivity index (χ0v) is 15.2. The monoisotopic (exact) mass is 359 g/mol. The van der Waals surface area contributed by atoms with Crippen LogP contribution in [0, 0.1) is 11.2 Å². The Bertz CT molecular complexity index is 546. The molecule has 136 valence electrons. The van der Waals surface area contributed by atoms with Crippen LogP contribution in [0.5, 0.6) is 5.75 Å². The van der Waals surface area contributed by atoms with Crippen LogP contribution in [0.25, 0.3) is 0 Å². The molecule has 24 heavy (non-hydrogen) atoms. The number of benzene rings is 1. The van der Waals surface area contributed by atoms with Gasteiger partial charge in [0, 0.05) is 13.6 Å². The summed E-state index contributed by atoms with van der Waals surface area (Å²) in [4.78, 5) is 16.0. The number of para-hydroxylation sites is 1. The smallest absolute Gasteiger partial charge is 0.236 e. The number of nitrogens with two attached hydrogens (primary N) is 1. The van der Waals surface area contributed by atoms with E-state index < -0.39 is 0 Å². The van der Waals surface area contributed by atoms with Crippen molar-refractivity contribution in [3.63, 3.8) is 0 Å². The summed E-state index contributed by atoms with van der Waals surface area (Å²) in [6.45, 7) is 5.64. The van der Waals surface area contributed by atoms with Gasteiger partial charge in [0.15, 0.2) is 11.6 Å². The molecular formula is C17H27ClFN3O2. The van der Waals surface area contributed by atoms with Crippen molar-refractivity contribution in [2.75, 3.05) is 46.4 Å². The standard InChI is InChI=1S/C17H26FN3O2.ClH/c1-17(12-19)7-8-21(13-17)11-16(22)20(2)9-10-23-15-6-4-3-5-14(15)18;/h3-6H,7-13,19H2,1-2H3;1H. The zero-order chi connectivity index (χ0) is 16.9. The molecule has 1 aromatic carbocycles. The van der Waals surface area contributed by atoms with Gasteiger partial charge in [-0.3, -0.25) is 9.69 Å². The Hall–Kier alpha value is -1.37. The van der Waals surface area contributed by atoms with Gasteiger partial charge in [-0.15, -0.1) is 12.4 Å². The van der Waals surface area contributed by atoms with Crippen molar-refractivity contribution in [1.29, 1.82) is 0 Å². The number of carbonyl (C=O) groups excluding carboxylic acids is 1. The molecule has 0 bridgehead atoms. The first-order chi connectivity index (χ1) is 10.9. The number of hydrogen-bond donors (Lipinski definition) is 1. The minimum Gasteiger partial charge on any atom is -0.489 e. The number of likely N-dealkylation sites (N-methyl/N-ethyl adjacent to an activating group) is 1. The largest absolute Gasteiger partial charge is 0.489 e. The van der Waals surface area contributed by atoms with E-state index >= 15 is 0 Å². The van der Waals surface area contributed by atoms with E-state index in [9.17, 15) is 9.18 Å². The quantitative estimate of drug-likeness (QED) is 0.806. The second-order valence-corrected chi connectivity index (χ2v) is 6.57. The van der Waals surface area contributed by atoms with Crippen molar-refractivity contribution >= 4 is 18.3 Å². The third-order valence-corrected chi connectivity index (χ3v) is 4.44. The highest BCUT2D eigenvalue weighted by Crippen LogP contribution is 2.28. The van der Waals surface area contributed by atoms with Gasteiger partial charge in [-0.1, -0.05) is 19.1 Å². The lowest BCUT2D eigenvalue weighted by Gasteiger charge is -2.24. The van der Waals surface area contributed by atoms with Crippen LogP contribution in [0.15, 0.2) is 24.3 Å². The van der Waals surface area contributed by atoms with Gasteiger partial charge in [-0.25, -0.2) is 4.39 Å². The summed E-state index contributed by atoms with van der Waals surface area (Å²) in [5.74, 6) is -0.130. The van der Waals surface area contributed by atoms with Crippen molar-refractivity contribution in [3.8, 4) is 5.75 Å². The molecule has 2 N–H and O–H groups in total. The zero-order valence-electron chi connectivity index (χ0n) is 14.3. The lowest BCUT2D eigenvalue weighted by Crippen LogP contribution is -2.40. The third kappa shape index (κ3) is 5.61. The van der Waals surface area contributed by atoms with Crippen molar-refractivity contribution in [2.24, 2.45) is 11.1 Å². The Balaban J connectivity index is 0.00000288. The molecule has 0 spiro atoms. The number of rotatable bonds is 7. The predicted molar refractivity (Wildman–Crippen MR) is 95.0 cm³/mol. The summed E-state index contributed by atoms with van der Waals surface area (Å²) in [6, 6.07) is 6.26. The van der Waals surface area contributed by atoms with Crippen LogP contribution < -0.4 is 10.5 Å². The number of amides is 1. The Morgan fingerprint density at radius 1 is 1.46 bits per heavy atom. The van der Waals surface area contributed by atoms with Crippen molar-refractivity contribution < 1.29 is 13.9 Å². The molecule has 1 aliphatic heterocycles. The third-order valence-electron chi connectivity index (χ3n) is 4.44. The second-order valence-electron chi connectivity index (χ2n) is 6.57. The molecule has 1 unspecified atom stereocenters. The van der Waals surface area contributed by atoms with Crippen LogP contribution in [0.2, 0.25) is 0 Å². The van der Waals surface area contributed by atoms with Crippen LogP contribution in [0.1, 0.15) is 13.3 Å². The predicted octanol–water partition coefficient (Wildman–Crippen LogP) is 1.76. The first kappa shape index (κ1) is 20.7. The molecule has 2 rings (SSSR count). The van der Waals surface area contributed by atoms with Crippen molar-refractivity contribution in [3.05, 3.63) is 30.1 Å². The first-order valence-electron chi connectivity index (χ1n) is 7.97. The minimum atomic E-state index is -0.389. The van der Waals surface area contributed by atoms with Crippen molar-refractivity contribution in [2.45, 2.75) is 13.3 Å². The van der Waals surface area contributed by atoms with E-state index in [0.717, 1.165) is 19.5 Å². The number of carbonyl (C=O) groups is 1. The molecule has 1 heterocycles. The minimum absolute atomic E-state index is 0. The maximum absolute atomic E-state index is 13.4. The summed E-state index contributed by atoms with van der Waals surface area (Å²) in [6.07, 6.45) is 1.02. The van der Waals surface area contributed by atoms with E-state index in [1.54, 1.807) is 30.1 Å². The summed E-state index contributed by atoms with van der Waals surface area (Å²) in [5.41, 5.74) is 5.90. The number of likely N-dealkylation sites (tertiary alicyclic amines) is 1. The lowest BCUT2D eigenvalue weighted by molar-refractivity contribution is -0.131. The van der Waals surface area contributed by atoms with Gasteiger partial charge in [-0.05, 0) is 37.1 Å². The van der Waals surface area contributed by atoms with Gasteiger partial charge < -0.3 is 15.4 Å². The van der Waals surface area contributed by atoms with E-state index in [1.165, 1.54) is 6.07 Å². The lowest BCUT2D eigenvalue weighted by atomic mass is 9.90. The number of hydrogen-bond acceptors (Lipinski definition) is 4. The second kappa shape index (κ2) is 9.20. The summed E-state index contributed by atoms with van der Waals surface area (Å²) < 4.78 is 18.8. The Labute approximate surface area is 149 Å². The molecule has 1 aliphatic rings. The average molecular weight is 360 g/mol. The van der Waals surface area contributed by atoms with E-state index in [1.807, 2.05) is 0 Å². The fraction of sp³-hybridized carbons (Fsp3) is 0.588. The van der Waals surface area contributed by atoms with Gasteiger partial charge in [-0.2, -0.15) is 0 Å². The SMILES string of the molecule is CN(CCOc1ccccc1F)C(=O)CN1CCC(C)(CN)C1.Cl. The molecule has 1 atom stereocenters. The Morgan fingerprint density at radius 3 is 2.79 bits per heavy atom. The maximum Gasteiger partial charge on any atom is 0.236 e. The van der Waals surface area contributed by atoms with Gasteiger partial charge in [0.1, 0.15) is 6.61 Å². The number of halogens is 2. The highest BCUT2D eigenvalue weighted by molar-refractivity contribution is 5.85. The molecule has 7 heteroatoms. The summed E-state index contributed by atoms with van der Waals surface area (Å²) >= 11 is 0. The summed E-state index contributed by atoms with van der Waals surface area (Å²) in [5, 5.41) is 0. The number of ether oxygens (including phenoxy) is 1. The molecule has 1 fully saturated rings. The van der Waals surface area contributed by atoms with Gasteiger partial charge in [0.25, 0.3) is 0 Å². The van der Waals surface area contributed by atoms with E-state index in [0.29, 0.717) is 19.6 Å². The molecular weight excluding hydrogens is 333 g/mol. The molecule has 1 aromatic rings. The number of nitrogens with zero attached hydrogens (tertiary/aromatic N) is 2. The average Bonchev–Trinajstić information content (AvgIpc) is 2.91. The van der Waals surface area contributed by atoms with Crippen LogP contribution in [-0.2, 0) is 4.79 Å². The first-order valence-corrected chi connectivity index (χ1v) is 7.97. The maximum atomic E-state index is 13.4. The molecule has 0 saturated carbocycles. The Kier molecular flexibility index (Phi) is 7.93. The molecule has 0 aliphatic carbocycles. The molecule has 0 aromatic heterocycles. The van der Waals surface area contributed by atoms with Crippen LogP contribution in [-0.4, -0.2) is 62.1 Å².